The van der Waals surface area contributed by atoms with Gasteiger partial charge in [-0.3, -0.25) is 4.79 Å². The Labute approximate surface area is 168 Å². The zero-order valence-corrected chi connectivity index (χ0v) is 16.0. The molecule has 0 saturated carbocycles. The van der Waals surface area contributed by atoms with Crippen molar-refractivity contribution in [2.75, 3.05) is 13.7 Å². The summed E-state index contributed by atoms with van der Waals surface area (Å²) in [5, 5.41) is 6.51. The first-order valence-corrected chi connectivity index (χ1v) is 9.04. The van der Waals surface area contributed by atoms with E-state index in [0.717, 1.165) is 11.1 Å². The number of oxime groups is 1. The van der Waals surface area contributed by atoms with Gasteiger partial charge in [-0.25, -0.2) is 0 Å². The third kappa shape index (κ3) is 6.42. The van der Waals surface area contributed by atoms with Crippen molar-refractivity contribution in [1.29, 1.82) is 0 Å². The van der Waals surface area contributed by atoms with Gasteiger partial charge in [0.2, 0.25) is 0 Å². The summed E-state index contributed by atoms with van der Waals surface area (Å²) in [7, 11) is 1.59. The lowest BCUT2D eigenvalue weighted by molar-refractivity contribution is -0.125. The maximum Gasteiger partial charge on any atom is 0.261 e. The number of carbonyl (C=O) groups excluding carboxylic acids is 1. The van der Waals surface area contributed by atoms with E-state index in [2.05, 4.69) is 10.5 Å². The minimum absolute atomic E-state index is 0.190. The van der Waals surface area contributed by atoms with Crippen LogP contribution in [-0.4, -0.2) is 25.8 Å². The number of carbonyl (C=O) groups is 1. The van der Waals surface area contributed by atoms with Crippen LogP contribution in [-0.2, 0) is 22.8 Å². The zero-order chi connectivity index (χ0) is 20.3. The van der Waals surface area contributed by atoms with E-state index in [0.29, 0.717) is 30.4 Å². The number of amides is 1. The minimum atomic E-state index is -0.292. The van der Waals surface area contributed by atoms with Gasteiger partial charge in [-0.1, -0.05) is 35.5 Å². The Morgan fingerprint density at radius 2 is 1.97 bits per heavy atom. The molecule has 0 aliphatic heterocycles. The maximum atomic E-state index is 11.7. The molecule has 0 atom stereocenters. The van der Waals surface area contributed by atoms with Crippen LogP contribution in [0.4, 0.5) is 0 Å². The molecule has 3 rings (SSSR count). The summed E-state index contributed by atoms with van der Waals surface area (Å²) in [5.74, 6) is 1.59. The van der Waals surface area contributed by atoms with E-state index in [1.165, 1.54) is 6.21 Å². The number of rotatable bonds is 10. The number of methoxy groups -OCH3 is 1. The fourth-order valence-corrected chi connectivity index (χ4v) is 2.47. The fraction of sp³-hybridized carbons (Fsp3) is 0.182. The summed E-state index contributed by atoms with van der Waals surface area (Å²) < 4.78 is 16.3. The molecule has 0 aliphatic rings. The Morgan fingerprint density at radius 1 is 1.10 bits per heavy atom. The van der Waals surface area contributed by atoms with Crippen molar-refractivity contribution < 1.29 is 23.5 Å². The highest BCUT2D eigenvalue weighted by molar-refractivity contribution is 5.81. The predicted molar refractivity (Wildman–Crippen MR) is 108 cm³/mol. The van der Waals surface area contributed by atoms with Crippen molar-refractivity contribution in [3.05, 3.63) is 83.8 Å². The first kappa shape index (κ1) is 20.0. The molecule has 150 valence electrons. The van der Waals surface area contributed by atoms with Crippen molar-refractivity contribution in [2.24, 2.45) is 5.16 Å². The standard InChI is InChI=1S/C22H22N2O5/c1-26-20-10-9-18(12-21(20)28-15-17-6-3-2-4-7-17)13-24-29-16-22(25)23-14-19-8-5-11-27-19/h2-13H,14-16H2,1H3,(H,23,25)/b24-13+. The van der Waals surface area contributed by atoms with Gasteiger partial charge < -0.3 is 24.0 Å². The molecule has 7 heteroatoms. The van der Waals surface area contributed by atoms with E-state index < -0.39 is 0 Å². The van der Waals surface area contributed by atoms with E-state index in [-0.39, 0.29) is 12.5 Å². The highest BCUT2D eigenvalue weighted by Gasteiger charge is 2.06. The first-order valence-electron chi connectivity index (χ1n) is 9.04. The average molecular weight is 394 g/mol. The summed E-state index contributed by atoms with van der Waals surface area (Å²) in [6.07, 6.45) is 3.06. The van der Waals surface area contributed by atoms with Crippen LogP contribution in [0.1, 0.15) is 16.9 Å². The van der Waals surface area contributed by atoms with Crippen LogP contribution in [0.3, 0.4) is 0 Å². The quantitative estimate of drug-likeness (QED) is 0.420. The number of nitrogens with zero attached hydrogens (tertiary/aromatic N) is 1. The number of nitrogens with one attached hydrogen (secondary N) is 1. The SMILES string of the molecule is COc1ccc(/C=N/OCC(=O)NCc2ccco2)cc1OCc1ccccc1. The number of furan rings is 1. The molecule has 1 N–H and O–H groups in total. The molecule has 2 aromatic carbocycles. The summed E-state index contributed by atoms with van der Waals surface area (Å²) in [6, 6.07) is 18.8. The van der Waals surface area contributed by atoms with E-state index in [9.17, 15) is 4.79 Å². The molecule has 1 aromatic heterocycles. The second-order valence-electron chi connectivity index (χ2n) is 6.05. The van der Waals surface area contributed by atoms with E-state index >= 15 is 0 Å². The van der Waals surface area contributed by atoms with Crippen molar-refractivity contribution >= 4 is 12.1 Å². The topological polar surface area (TPSA) is 82.3 Å². The summed E-state index contributed by atoms with van der Waals surface area (Å²) >= 11 is 0. The van der Waals surface area contributed by atoms with Crippen molar-refractivity contribution in [1.82, 2.24) is 5.32 Å². The Kier molecular flexibility index (Phi) is 7.28. The molecule has 0 aliphatic carbocycles. The molecular weight excluding hydrogens is 372 g/mol. The Morgan fingerprint density at radius 3 is 2.72 bits per heavy atom. The number of benzene rings is 2. The van der Waals surface area contributed by atoms with Crippen LogP contribution in [0, 0.1) is 0 Å². The molecule has 0 bridgehead atoms. The first-order chi connectivity index (χ1) is 14.2. The molecule has 7 nitrogen and oxygen atoms in total. The molecule has 1 amide bonds. The second kappa shape index (κ2) is 10.6. The van der Waals surface area contributed by atoms with Crippen molar-refractivity contribution in [3.63, 3.8) is 0 Å². The monoisotopic (exact) mass is 394 g/mol. The second-order valence-corrected chi connectivity index (χ2v) is 6.05. The predicted octanol–water partition coefficient (Wildman–Crippen LogP) is 3.53. The highest BCUT2D eigenvalue weighted by atomic mass is 16.6. The molecular formula is C22H22N2O5. The number of hydrogen-bond donors (Lipinski definition) is 1. The van der Waals surface area contributed by atoms with Gasteiger partial charge in [0.25, 0.3) is 5.91 Å². The lowest BCUT2D eigenvalue weighted by atomic mass is 10.2. The zero-order valence-electron chi connectivity index (χ0n) is 16.0. The van der Waals surface area contributed by atoms with Gasteiger partial charge in [0.1, 0.15) is 12.4 Å². The third-order valence-electron chi connectivity index (χ3n) is 3.94. The molecule has 0 fully saturated rings. The smallest absolute Gasteiger partial charge is 0.261 e. The maximum absolute atomic E-state index is 11.7. The normalized spacial score (nSPS) is 10.7. The molecule has 3 aromatic rings. The van der Waals surface area contributed by atoms with Crippen LogP contribution in [0.15, 0.2) is 76.5 Å². The van der Waals surface area contributed by atoms with Gasteiger partial charge >= 0.3 is 0 Å². The van der Waals surface area contributed by atoms with Crippen LogP contribution in [0.2, 0.25) is 0 Å². The van der Waals surface area contributed by atoms with Crippen molar-refractivity contribution in [3.8, 4) is 11.5 Å². The Balaban J connectivity index is 1.49. The Hall–Kier alpha value is -3.74. The highest BCUT2D eigenvalue weighted by Crippen LogP contribution is 2.28. The molecule has 0 saturated heterocycles. The van der Waals surface area contributed by atoms with E-state index in [1.807, 2.05) is 36.4 Å². The Bertz CT molecular complexity index is 924. The average Bonchev–Trinajstić information content (AvgIpc) is 3.28. The minimum Gasteiger partial charge on any atom is -0.493 e. The van der Waals surface area contributed by atoms with Gasteiger partial charge in [-0.05, 0) is 35.9 Å². The van der Waals surface area contributed by atoms with Gasteiger partial charge in [-0.2, -0.15) is 0 Å². The van der Waals surface area contributed by atoms with Crippen LogP contribution in [0.25, 0.3) is 0 Å². The van der Waals surface area contributed by atoms with Crippen LogP contribution in [0.5, 0.6) is 11.5 Å². The lowest BCUT2D eigenvalue weighted by Gasteiger charge is -2.11. The van der Waals surface area contributed by atoms with Gasteiger partial charge in [-0.15, -0.1) is 0 Å². The molecule has 0 unspecified atom stereocenters. The number of hydrogen-bond acceptors (Lipinski definition) is 6. The molecule has 29 heavy (non-hydrogen) atoms. The third-order valence-corrected chi connectivity index (χ3v) is 3.94. The van der Waals surface area contributed by atoms with Gasteiger partial charge in [0.15, 0.2) is 18.1 Å². The summed E-state index contributed by atoms with van der Waals surface area (Å²) in [5.41, 5.74) is 1.81. The van der Waals surface area contributed by atoms with Crippen molar-refractivity contribution in [2.45, 2.75) is 13.2 Å². The molecule has 0 spiro atoms. The molecule has 0 radical (unpaired) electrons. The summed E-state index contributed by atoms with van der Waals surface area (Å²) in [4.78, 5) is 16.8. The van der Waals surface area contributed by atoms with Gasteiger partial charge in [0.05, 0.1) is 26.1 Å². The molecule has 1 heterocycles. The summed E-state index contributed by atoms with van der Waals surface area (Å²) in [6.45, 7) is 0.536. The van der Waals surface area contributed by atoms with E-state index in [1.54, 1.807) is 37.6 Å². The number of ether oxygens (including phenoxy) is 2. The van der Waals surface area contributed by atoms with Crippen LogP contribution < -0.4 is 14.8 Å². The van der Waals surface area contributed by atoms with E-state index in [4.69, 9.17) is 18.7 Å². The lowest BCUT2D eigenvalue weighted by Crippen LogP contribution is -2.26. The van der Waals surface area contributed by atoms with Gasteiger partial charge in [0, 0.05) is 5.56 Å². The largest absolute Gasteiger partial charge is 0.493 e. The van der Waals surface area contributed by atoms with Crippen LogP contribution >= 0.6 is 0 Å². The fourth-order valence-electron chi connectivity index (χ4n) is 2.47.